The Morgan fingerprint density at radius 1 is 1.41 bits per heavy atom. The van der Waals surface area contributed by atoms with Crippen LogP contribution in [0.3, 0.4) is 0 Å². The van der Waals surface area contributed by atoms with Gasteiger partial charge in [0, 0.05) is 6.42 Å². The van der Waals surface area contributed by atoms with Gasteiger partial charge in [-0.25, -0.2) is 0 Å². The van der Waals surface area contributed by atoms with Gasteiger partial charge in [-0.2, -0.15) is 0 Å². The molecule has 0 aromatic rings. The summed E-state index contributed by atoms with van der Waals surface area (Å²) in [5.74, 6) is 0.156. The van der Waals surface area contributed by atoms with Crippen LogP contribution in [0, 0.1) is 5.41 Å². The van der Waals surface area contributed by atoms with Crippen molar-refractivity contribution in [2.75, 3.05) is 13.1 Å². The number of Topliss-reactive ketones (excluding diaryl/α,β-unsaturated/α-hetero) is 1. The Kier molecular flexibility index (Phi) is 4.50. The lowest BCUT2D eigenvalue weighted by Crippen LogP contribution is -2.48. The molecule has 2 atom stereocenters. The molecule has 0 heterocycles. The smallest absolute Gasteiger partial charge is 0.158 e. The van der Waals surface area contributed by atoms with Gasteiger partial charge in [-0.3, -0.25) is 9.69 Å². The van der Waals surface area contributed by atoms with Crippen molar-refractivity contribution >= 4 is 5.78 Å². The molecule has 0 saturated carbocycles. The van der Waals surface area contributed by atoms with Crippen molar-refractivity contribution in [2.24, 2.45) is 5.41 Å². The summed E-state index contributed by atoms with van der Waals surface area (Å²) in [6.45, 7) is 11.7. The van der Waals surface area contributed by atoms with Crippen molar-refractivity contribution in [3.63, 3.8) is 0 Å². The molecule has 0 aromatic carbocycles. The maximum absolute atomic E-state index is 11.9. The van der Waals surface area contributed by atoms with Crippen LogP contribution < -0.4 is 0 Å². The van der Waals surface area contributed by atoms with E-state index in [0.717, 1.165) is 18.7 Å². The zero-order valence-corrected chi connectivity index (χ0v) is 11.7. The molecule has 0 spiro atoms. The summed E-state index contributed by atoms with van der Waals surface area (Å²) in [5, 5.41) is 10.5. The van der Waals surface area contributed by atoms with Crippen molar-refractivity contribution in [1.82, 2.24) is 4.90 Å². The summed E-state index contributed by atoms with van der Waals surface area (Å²) >= 11 is 0. The van der Waals surface area contributed by atoms with E-state index in [9.17, 15) is 9.90 Å². The first-order valence-electron chi connectivity index (χ1n) is 6.47. The Balaban J connectivity index is 3.11. The number of nitrogens with zero attached hydrogens (tertiary/aromatic N) is 1. The van der Waals surface area contributed by atoms with E-state index in [2.05, 4.69) is 18.7 Å². The summed E-state index contributed by atoms with van der Waals surface area (Å²) < 4.78 is 0. The van der Waals surface area contributed by atoms with Crippen LogP contribution in [-0.2, 0) is 4.79 Å². The minimum Gasteiger partial charge on any atom is -0.391 e. The third-order valence-corrected chi connectivity index (χ3v) is 3.83. The van der Waals surface area contributed by atoms with E-state index in [0.29, 0.717) is 6.42 Å². The molecule has 0 aromatic heterocycles. The number of carbonyl (C=O) groups excluding carboxylic acids is 1. The van der Waals surface area contributed by atoms with E-state index in [4.69, 9.17) is 0 Å². The summed E-state index contributed by atoms with van der Waals surface area (Å²) in [7, 11) is 0. The van der Waals surface area contributed by atoms with Crippen LogP contribution >= 0.6 is 0 Å². The normalized spacial score (nSPS) is 29.1. The summed E-state index contributed by atoms with van der Waals surface area (Å²) in [6, 6.07) is -0.0496. The lowest BCUT2D eigenvalue weighted by Gasteiger charge is -2.38. The maximum Gasteiger partial charge on any atom is 0.158 e. The largest absolute Gasteiger partial charge is 0.391 e. The van der Waals surface area contributed by atoms with Crippen LogP contribution in [-0.4, -0.2) is 41.0 Å². The quantitative estimate of drug-likeness (QED) is 0.819. The number of allylic oxidation sites excluding steroid dienone is 1. The number of hydrogen-bond donors (Lipinski definition) is 1. The number of aliphatic hydroxyl groups excluding tert-OH is 1. The highest BCUT2D eigenvalue weighted by atomic mass is 16.3. The molecule has 0 fully saturated rings. The minimum absolute atomic E-state index is 0.0496. The number of aliphatic hydroxyl groups is 1. The van der Waals surface area contributed by atoms with Crippen LogP contribution in [0.2, 0.25) is 0 Å². The van der Waals surface area contributed by atoms with Gasteiger partial charge in [0.05, 0.1) is 12.1 Å². The summed E-state index contributed by atoms with van der Waals surface area (Å²) in [6.07, 6.45) is 1.87. The first-order chi connectivity index (χ1) is 7.83. The average Bonchev–Trinajstić information content (AvgIpc) is 2.32. The third kappa shape index (κ3) is 2.96. The lowest BCUT2D eigenvalue weighted by molar-refractivity contribution is -0.119. The fraction of sp³-hybridized carbons (Fsp3) is 0.786. The fourth-order valence-corrected chi connectivity index (χ4v) is 2.51. The zero-order valence-electron chi connectivity index (χ0n) is 11.7. The molecule has 0 radical (unpaired) electrons. The summed E-state index contributed by atoms with van der Waals surface area (Å²) in [4.78, 5) is 14.1. The molecule has 98 valence electrons. The number of rotatable bonds is 3. The van der Waals surface area contributed by atoms with E-state index >= 15 is 0 Å². The monoisotopic (exact) mass is 239 g/mol. The predicted molar refractivity (Wildman–Crippen MR) is 69.9 cm³/mol. The van der Waals surface area contributed by atoms with Crippen molar-refractivity contribution in [1.29, 1.82) is 0 Å². The Bertz CT molecular complexity index is 316. The van der Waals surface area contributed by atoms with E-state index in [1.165, 1.54) is 0 Å². The fourth-order valence-electron chi connectivity index (χ4n) is 2.51. The van der Waals surface area contributed by atoms with Gasteiger partial charge in [0.25, 0.3) is 0 Å². The second-order valence-corrected chi connectivity index (χ2v) is 5.59. The van der Waals surface area contributed by atoms with Gasteiger partial charge in [-0.15, -0.1) is 0 Å². The molecule has 3 heteroatoms. The molecule has 1 N–H and O–H groups in total. The SMILES string of the molecule is CCN(CC)C1C=C(C)C(=O)CC(C)(C)C1O. The Morgan fingerprint density at radius 3 is 2.41 bits per heavy atom. The highest BCUT2D eigenvalue weighted by Gasteiger charge is 2.39. The Morgan fingerprint density at radius 2 is 1.94 bits per heavy atom. The molecular formula is C14H25NO2. The maximum atomic E-state index is 11.9. The molecule has 0 aliphatic heterocycles. The van der Waals surface area contributed by atoms with Crippen LogP contribution in [0.4, 0.5) is 0 Å². The number of ketones is 1. The molecule has 2 unspecified atom stereocenters. The van der Waals surface area contributed by atoms with Crippen LogP contribution in [0.25, 0.3) is 0 Å². The first kappa shape index (κ1) is 14.4. The third-order valence-electron chi connectivity index (χ3n) is 3.83. The number of hydrogen-bond acceptors (Lipinski definition) is 3. The minimum atomic E-state index is -0.496. The van der Waals surface area contributed by atoms with Gasteiger partial charge in [-0.05, 0) is 31.0 Å². The zero-order chi connectivity index (χ0) is 13.2. The first-order valence-corrected chi connectivity index (χ1v) is 6.47. The predicted octanol–water partition coefficient (Wildman–Crippen LogP) is 2.00. The van der Waals surface area contributed by atoms with E-state index in [1.807, 2.05) is 26.8 Å². The molecule has 1 aliphatic carbocycles. The van der Waals surface area contributed by atoms with Crippen LogP contribution in [0.5, 0.6) is 0 Å². The Hall–Kier alpha value is -0.670. The lowest BCUT2D eigenvalue weighted by atomic mass is 9.79. The number of likely N-dealkylation sites (N-methyl/N-ethyl adjacent to an activating group) is 1. The Labute approximate surface area is 105 Å². The van der Waals surface area contributed by atoms with Crippen molar-refractivity contribution in [2.45, 2.75) is 53.2 Å². The molecule has 0 amide bonds. The van der Waals surface area contributed by atoms with Crippen molar-refractivity contribution < 1.29 is 9.90 Å². The molecule has 0 saturated heterocycles. The topological polar surface area (TPSA) is 40.5 Å². The summed E-state index contributed by atoms with van der Waals surface area (Å²) in [5.41, 5.74) is 0.421. The molecule has 1 rings (SSSR count). The van der Waals surface area contributed by atoms with Gasteiger partial charge >= 0.3 is 0 Å². The average molecular weight is 239 g/mol. The molecule has 1 aliphatic rings. The van der Waals surface area contributed by atoms with E-state index < -0.39 is 6.10 Å². The highest BCUT2D eigenvalue weighted by molar-refractivity contribution is 5.95. The molecular weight excluding hydrogens is 214 g/mol. The van der Waals surface area contributed by atoms with Gasteiger partial charge < -0.3 is 5.11 Å². The second kappa shape index (κ2) is 5.32. The van der Waals surface area contributed by atoms with Gasteiger partial charge in [0.2, 0.25) is 0 Å². The van der Waals surface area contributed by atoms with E-state index in [-0.39, 0.29) is 17.2 Å². The number of carbonyl (C=O) groups is 1. The van der Waals surface area contributed by atoms with Crippen molar-refractivity contribution in [3.8, 4) is 0 Å². The second-order valence-electron chi connectivity index (χ2n) is 5.59. The standard InChI is InChI=1S/C14H25NO2/c1-6-15(7-2)11-8-10(3)12(16)9-14(4,5)13(11)17/h8,11,13,17H,6-7,9H2,1-5H3. The van der Waals surface area contributed by atoms with E-state index in [1.54, 1.807) is 0 Å². The van der Waals surface area contributed by atoms with Crippen LogP contribution in [0.1, 0.15) is 41.0 Å². The highest BCUT2D eigenvalue weighted by Crippen LogP contribution is 2.34. The van der Waals surface area contributed by atoms with Crippen molar-refractivity contribution in [3.05, 3.63) is 11.6 Å². The van der Waals surface area contributed by atoms with Gasteiger partial charge in [0.1, 0.15) is 0 Å². The van der Waals surface area contributed by atoms with Gasteiger partial charge in [0.15, 0.2) is 5.78 Å². The molecule has 3 nitrogen and oxygen atoms in total. The van der Waals surface area contributed by atoms with Gasteiger partial charge in [-0.1, -0.05) is 33.8 Å². The van der Waals surface area contributed by atoms with Crippen LogP contribution in [0.15, 0.2) is 11.6 Å². The molecule has 0 bridgehead atoms. The molecule has 17 heavy (non-hydrogen) atoms.